The third kappa shape index (κ3) is 7.98. The van der Waals surface area contributed by atoms with Gasteiger partial charge < -0.3 is 14.3 Å². The zero-order chi connectivity index (χ0) is 30.7. The number of hydrogen-bond acceptors (Lipinski definition) is 3. The molecule has 40 heavy (non-hydrogen) atoms. The van der Waals surface area contributed by atoms with E-state index >= 15 is 0 Å². The summed E-state index contributed by atoms with van der Waals surface area (Å²) in [7, 11) is -3.56. The van der Waals surface area contributed by atoms with Gasteiger partial charge >= 0.3 is 0 Å². The van der Waals surface area contributed by atoms with Gasteiger partial charge in [-0.1, -0.05) is 116 Å². The Bertz CT molecular complexity index is 977. The molecule has 0 bridgehead atoms. The Morgan fingerprint density at radius 2 is 1.57 bits per heavy atom. The van der Waals surface area contributed by atoms with Crippen molar-refractivity contribution in [2.75, 3.05) is 6.61 Å². The largest absolute Gasteiger partial charge is 0.377 e. The summed E-state index contributed by atoms with van der Waals surface area (Å²) in [5.74, 6) is 0. The van der Waals surface area contributed by atoms with Crippen molar-refractivity contribution in [3.05, 3.63) is 32.8 Å². The summed E-state index contributed by atoms with van der Waals surface area (Å²) in [5, 5.41) is 2.18. The fourth-order valence-electron chi connectivity index (χ4n) is 6.35. The molecule has 0 unspecified atom stereocenters. The zero-order valence-electron chi connectivity index (χ0n) is 27.0. The predicted octanol–water partition coefficient (Wildman–Crippen LogP) is 11.6. The van der Waals surface area contributed by atoms with Gasteiger partial charge in [-0.25, -0.2) is 0 Å². The number of carbonyl (C=O) groups excluding carboxylic acids is 1. The highest BCUT2D eigenvalue weighted by atomic mass is 35.5. The van der Waals surface area contributed by atoms with Gasteiger partial charge in [-0.3, -0.25) is 0 Å². The molecule has 0 aromatic heterocycles. The second-order valence-electron chi connectivity index (χ2n) is 15.4. The van der Waals surface area contributed by atoms with Crippen molar-refractivity contribution in [2.24, 2.45) is 0 Å². The van der Waals surface area contributed by atoms with Crippen LogP contribution >= 0.6 is 34.8 Å². The van der Waals surface area contributed by atoms with Crippen LogP contribution in [0.25, 0.3) is 0 Å². The Labute approximate surface area is 262 Å². The number of ether oxygens (including phenoxy) is 2. The van der Waals surface area contributed by atoms with Crippen LogP contribution in [0.15, 0.2) is 12.1 Å². The number of hydrogen-bond donors (Lipinski definition) is 0. The van der Waals surface area contributed by atoms with Gasteiger partial charge in [0, 0.05) is 33.7 Å². The van der Waals surface area contributed by atoms with Crippen LogP contribution in [0.4, 0.5) is 0 Å². The Hall–Kier alpha value is 0.114. The second kappa shape index (κ2) is 13.8. The lowest BCUT2D eigenvalue weighted by molar-refractivity contribution is -0.109. The van der Waals surface area contributed by atoms with Crippen LogP contribution in [0.2, 0.25) is 61.9 Å². The first-order valence-electron chi connectivity index (χ1n) is 15.0. The van der Waals surface area contributed by atoms with E-state index in [1.807, 2.05) is 0 Å². The topological polar surface area (TPSA) is 35.5 Å². The lowest BCUT2D eigenvalue weighted by Gasteiger charge is -2.54. The van der Waals surface area contributed by atoms with Crippen LogP contribution < -0.4 is 0 Å². The summed E-state index contributed by atoms with van der Waals surface area (Å²) < 4.78 is 13.4. The highest BCUT2D eigenvalue weighted by molar-refractivity contribution is 6.83. The van der Waals surface area contributed by atoms with Crippen molar-refractivity contribution in [2.45, 2.75) is 153 Å². The number of benzene rings is 1. The third-order valence-corrected chi connectivity index (χ3v) is 25.8. The monoisotopic (exact) mass is 648 g/mol. The Morgan fingerprint density at radius 3 is 2.08 bits per heavy atom. The predicted molar refractivity (Wildman–Crippen MR) is 180 cm³/mol. The van der Waals surface area contributed by atoms with Crippen molar-refractivity contribution in [3.8, 4) is 0 Å². The first-order chi connectivity index (χ1) is 18.2. The molecule has 8 heteroatoms. The lowest BCUT2D eigenvalue weighted by Crippen LogP contribution is -2.54. The standard InChI is InChI=1S/C32H55Cl3O3Si2/c1-30(2,3)39(8,9)28-16-17-32(7,40(10,11)31(4,5)6)29(38-27(28)14-12-18-36)15-13-19-37-22-24-25(34)20-23(33)21-26(24)35/h18,20-21,27-29H,12-17,19,22H2,1-11H3/t27-,28+,29+,32-/m0/s1. The van der Waals surface area contributed by atoms with E-state index in [0.717, 1.165) is 31.1 Å². The normalized spacial score (nSPS) is 25.1. The maximum absolute atomic E-state index is 11.5. The molecule has 4 atom stereocenters. The maximum Gasteiger partial charge on any atom is 0.120 e. The van der Waals surface area contributed by atoms with Crippen molar-refractivity contribution < 1.29 is 14.3 Å². The molecular formula is C32H55Cl3O3Si2. The van der Waals surface area contributed by atoms with Gasteiger partial charge in [0.25, 0.3) is 0 Å². The van der Waals surface area contributed by atoms with E-state index in [4.69, 9.17) is 44.3 Å². The van der Waals surface area contributed by atoms with Crippen LogP contribution in [-0.4, -0.2) is 41.2 Å². The Kier molecular flexibility index (Phi) is 12.5. The third-order valence-electron chi connectivity index (χ3n) is 11.3. The molecule has 230 valence electrons. The van der Waals surface area contributed by atoms with Gasteiger partial charge in [-0.15, -0.1) is 0 Å². The summed E-state index contributed by atoms with van der Waals surface area (Å²) in [4.78, 5) is 11.5. The molecule has 1 saturated heterocycles. The van der Waals surface area contributed by atoms with Gasteiger partial charge in [0.1, 0.15) is 6.29 Å². The molecule has 0 saturated carbocycles. The summed E-state index contributed by atoms with van der Waals surface area (Å²) in [5.41, 5.74) is 1.29. The average Bonchev–Trinajstić information content (AvgIpc) is 2.94. The smallest absolute Gasteiger partial charge is 0.120 e. The van der Waals surface area contributed by atoms with Gasteiger partial charge in [-0.2, -0.15) is 0 Å². The first-order valence-corrected chi connectivity index (χ1v) is 22.2. The van der Waals surface area contributed by atoms with Gasteiger partial charge in [-0.05, 0) is 58.5 Å². The van der Waals surface area contributed by atoms with Crippen molar-refractivity contribution in [1.29, 1.82) is 0 Å². The minimum Gasteiger partial charge on any atom is -0.377 e. The van der Waals surface area contributed by atoms with Crippen molar-refractivity contribution in [1.82, 2.24) is 0 Å². The molecule has 0 spiro atoms. The molecular weight excluding hydrogens is 595 g/mol. The van der Waals surface area contributed by atoms with Crippen LogP contribution in [0.5, 0.6) is 0 Å². The quantitative estimate of drug-likeness (QED) is 0.136. The van der Waals surface area contributed by atoms with Gasteiger partial charge in [0.15, 0.2) is 0 Å². The molecule has 0 aliphatic carbocycles. The van der Waals surface area contributed by atoms with Crippen molar-refractivity contribution in [3.63, 3.8) is 0 Å². The maximum atomic E-state index is 11.5. The SMILES string of the molecule is CC(C)(C)[Si](C)(C)[C@@H]1CC[C@](C)([Si](C)(C)C(C)(C)C)[C@@H](CCCOCc2c(Cl)cc(Cl)cc2Cl)O[C@H]1CCC=O. The molecule has 1 heterocycles. The molecule has 0 N–H and O–H groups in total. The van der Waals surface area contributed by atoms with E-state index in [2.05, 4.69) is 74.7 Å². The summed E-state index contributed by atoms with van der Waals surface area (Å²) in [6.07, 6.45) is 6.89. The van der Waals surface area contributed by atoms with E-state index in [-0.39, 0.29) is 27.3 Å². The van der Waals surface area contributed by atoms with E-state index in [1.165, 1.54) is 12.8 Å². The molecule has 2 rings (SSSR count). The molecule has 1 fully saturated rings. The van der Waals surface area contributed by atoms with Crippen LogP contribution in [0.1, 0.15) is 92.6 Å². The number of rotatable bonds is 11. The minimum absolute atomic E-state index is 0.102. The van der Waals surface area contributed by atoms with Crippen LogP contribution in [-0.2, 0) is 20.9 Å². The highest BCUT2D eigenvalue weighted by Crippen LogP contribution is 2.62. The molecule has 3 nitrogen and oxygen atoms in total. The second-order valence-corrected chi connectivity index (χ2v) is 28.2. The van der Waals surface area contributed by atoms with Crippen molar-refractivity contribution >= 4 is 57.2 Å². The minimum atomic E-state index is -1.83. The zero-order valence-corrected chi connectivity index (χ0v) is 31.2. The van der Waals surface area contributed by atoms with Gasteiger partial charge in [0.05, 0.1) is 35.0 Å². The summed E-state index contributed by atoms with van der Waals surface area (Å²) >= 11 is 18.8. The fourth-order valence-corrected chi connectivity index (χ4v) is 13.9. The molecule has 1 aliphatic rings. The summed E-state index contributed by atoms with van der Waals surface area (Å²) in [6, 6.07) is 3.41. The summed E-state index contributed by atoms with van der Waals surface area (Å²) in [6.45, 7) is 28.2. The molecule has 0 radical (unpaired) electrons. The Morgan fingerprint density at radius 1 is 1.00 bits per heavy atom. The van der Waals surface area contributed by atoms with Crippen LogP contribution in [0.3, 0.4) is 0 Å². The number of carbonyl (C=O) groups is 1. The van der Waals surface area contributed by atoms with E-state index in [9.17, 15) is 4.79 Å². The van der Waals surface area contributed by atoms with Crippen LogP contribution in [0, 0.1) is 0 Å². The average molecular weight is 650 g/mol. The lowest BCUT2D eigenvalue weighted by atomic mass is 9.94. The molecule has 0 amide bonds. The molecule has 1 aromatic rings. The highest BCUT2D eigenvalue weighted by Gasteiger charge is 2.57. The molecule has 1 aliphatic heterocycles. The van der Waals surface area contributed by atoms with E-state index in [1.54, 1.807) is 12.1 Å². The van der Waals surface area contributed by atoms with Gasteiger partial charge in [0.2, 0.25) is 0 Å². The number of aldehydes is 1. The van der Waals surface area contributed by atoms with E-state index < -0.39 is 16.1 Å². The number of halogens is 3. The fraction of sp³-hybridized carbons (Fsp3) is 0.781. The first kappa shape index (κ1) is 36.3. The Balaban J connectivity index is 2.34. The van der Waals surface area contributed by atoms with E-state index in [0.29, 0.717) is 40.2 Å². The molecule has 1 aromatic carbocycles.